The molecule has 1 N–H and O–H groups in total. The number of benzene rings is 1. The van der Waals surface area contributed by atoms with Gasteiger partial charge in [-0.3, -0.25) is 9.69 Å². The van der Waals surface area contributed by atoms with Crippen molar-refractivity contribution >= 4 is 11.6 Å². The third kappa shape index (κ3) is 2.42. The van der Waals surface area contributed by atoms with Crippen LogP contribution in [0.2, 0.25) is 0 Å². The summed E-state index contributed by atoms with van der Waals surface area (Å²) < 4.78 is 0. The second-order valence-electron chi connectivity index (χ2n) is 6.49. The molecule has 4 nitrogen and oxygen atoms in total. The fraction of sp³-hybridized carbons (Fsp3) is 0.588. The van der Waals surface area contributed by atoms with Crippen molar-refractivity contribution in [1.29, 1.82) is 0 Å². The first-order valence-corrected chi connectivity index (χ1v) is 8.21. The minimum Gasteiger partial charge on any atom is -0.384 e. The third-order valence-electron chi connectivity index (χ3n) is 5.19. The van der Waals surface area contributed by atoms with E-state index in [1.165, 1.54) is 37.1 Å². The number of piperazine rings is 1. The van der Waals surface area contributed by atoms with E-state index in [-0.39, 0.29) is 5.91 Å². The average molecular weight is 285 g/mol. The van der Waals surface area contributed by atoms with Crippen LogP contribution in [0.4, 0.5) is 5.69 Å². The minimum absolute atomic E-state index is 0.218. The van der Waals surface area contributed by atoms with Gasteiger partial charge in [-0.15, -0.1) is 0 Å². The van der Waals surface area contributed by atoms with Crippen molar-refractivity contribution < 1.29 is 4.79 Å². The lowest BCUT2D eigenvalue weighted by Crippen LogP contribution is -2.56. The Labute approximate surface area is 126 Å². The van der Waals surface area contributed by atoms with Crippen molar-refractivity contribution in [3.8, 4) is 0 Å². The summed E-state index contributed by atoms with van der Waals surface area (Å²) in [5.41, 5.74) is 3.35. The molecule has 4 rings (SSSR count). The molecular weight excluding hydrogens is 262 g/mol. The van der Waals surface area contributed by atoms with Crippen molar-refractivity contribution in [2.45, 2.75) is 31.7 Å². The summed E-state index contributed by atoms with van der Waals surface area (Å²) in [5, 5.41) is 3.35. The van der Waals surface area contributed by atoms with Gasteiger partial charge in [0, 0.05) is 43.5 Å². The number of amides is 1. The van der Waals surface area contributed by atoms with Crippen LogP contribution in [0.5, 0.6) is 0 Å². The summed E-state index contributed by atoms with van der Waals surface area (Å²) in [6.45, 7) is 5.05. The number of carbonyl (C=O) groups is 1. The average Bonchev–Trinajstić information content (AvgIpc) is 3.01. The maximum atomic E-state index is 12.8. The highest BCUT2D eigenvalue weighted by Gasteiger charge is 2.31. The van der Waals surface area contributed by atoms with E-state index in [1.54, 1.807) is 0 Å². The first-order valence-electron chi connectivity index (χ1n) is 8.21. The van der Waals surface area contributed by atoms with Crippen LogP contribution in [0.15, 0.2) is 18.2 Å². The topological polar surface area (TPSA) is 35.6 Å². The highest BCUT2D eigenvalue weighted by molar-refractivity contribution is 5.95. The number of nitrogens with one attached hydrogen (secondary N) is 1. The van der Waals surface area contributed by atoms with Crippen LogP contribution in [0, 0.1) is 0 Å². The molecular formula is C17H23N3O. The molecule has 3 aliphatic rings. The highest BCUT2D eigenvalue weighted by Crippen LogP contribution is 2.25. The van der Waals surface area contributed by atoms with E-state index in [9.17, 15) is 4.79 Å². The predicted octanol–water partition coefficient (Wildman–Crippen LogP) is 1.96. The minimum atomic E-state index is 0.218. The highest BCUT2D eigenvalue weighted by atomic mass is 16.2. The Hall–Kier alpha value is -1.55. The van der Waals surface area contributed by atoms with Crippen molar-refractivity contribution in [3.05, 3.63) is 29.3 Å². The van der Waals surface area contributed by atoms with Gasteiger partial charge in [-0.05, 0) is 49.6 Å². The molecule has 1 atom stereocenters. The molecule has 1 aromatic carbocycles. The molecule has 4 heteroatoms. The van der Waals surface area contributed by atoms with Gasteiger partial charge < -0.3 is 10.2 Å². The zero-order valence-electron chi connectivity index (χ0n) is 12.5. The zero-order chi connectivity index (χ0) is 14.2. The second-order valence-corrected chi connectivity index (χ2v) is 6.49. The molecule has 1 unspecified atom stereocenters. The normalized spacial score (nSPS) is 25.1. The van der Waals surface area contributed by atoms with Crippen molar-refractivity contribution in [3.63, 3.8) is 0 Å². The van der Waals surface area contributed by atoms with Crippen LogP contribution < -0.4 is 5.32 Å². The third-order valence-corrected chi connectivity index (χ3v) is 5.19. The van der Waals surface area contributed by atoms with Crippen LogP contribution in [-0.4, -0.2) is 54.5 Å². The number of rotatable bonds is 1. The summed E-state index contributed by atoms with van der Waals surface area (Å²) in [7, 11) is 0. The first kappa shape index (κ1) is 13.1. The monoisotopic (exact) mass is 285 g/mol. The van der Waals surface area contributed by atoms with Crippen molar-refractivity contribution in [2.24, 2.45) is 0 Å². The Balaban J connectivity index is 1.49. The number of fused-ring (bicyclic) bond motifs is 2. The van der Waals surface area contributed by atoms with Gasteiger partial charge in [0.15, 0.2) is 0 Å². The fourth-order valence-electron chi connectivity index (χ4n) is 3.96. The van der Waals surface area contributed by atoms with Crippen LogP contribution >= 0.6 is 0 Å². The molecule has 112 valence electrons. The number of hydrogen-bond donors (Lipinski definition) is 1. The lowest BCUT2D eigenvalue weighted by Gasteiger charge is -2.44. The number of piperidine rings is 1. The van der Waals surface area contributed by atoms with Crippen LogP contribution in [0.1, 0.15) is 35.2 Å². The van der Waals surface area contributed by atoms with Gasteiger partial charge in [0.25, 0.3) is 5.91 Å². The Bertz CT molecular complexity index is 557. The standard InChI is InChI=1S/C17H23N3O/c21-17(14-4-5-16-13(11-14)6-7-18-16)20-10-9-19-8-2-1-3-15(19)12-20/h4-5,11,15,18H,1-3,6-10,12H2. The molecule has 0 aromatic heterocycles. The van der Waals surface area contributed by atoms with E-state index >= 15 is 0 Å². The molecule has 0 bridgehead atoms. The van der Waals surface area contributed by atoms with Crippen LogP contribution in [-0.2, 0) is 6.42 Å². The van der Waals surface area contributed by atoms with Crippen LogP contribution in [0.25, 0.3) is 0 Å². The zero-order valence-corrected chi connectivity index (χ0v) is 12.5. The van der Waals surface area contributed by atoms with Gasteiger partial charge in [-0.25, -0.2) is 0 Å². The van der Waals surface area contributed by atoms with E-state index in [4.69, 9.17) is 0 Å². The molecule has 2 fully saturated rings. The molecule has 21 heavy (non-hydrogen) atoms. The second kappa shape index (κ2) is 5.34. The molecule has 0 saturated carbocycles. The summed E-state index contributed by atoms with van der Waals surface area (Å²) >= 11 is 0. The molecule has 3 aliphatic heterocycles. The van der Waals surface area contributed by atoms with Crippen molar-refractivity contribution in [1.82, 2.24) is 9.80 Å². The number of anilines is 1. The van der Waals surface area contributed by atoms with E-state index in [0.717, 1.165) is 38.2 Å². The molecule has 0 radical (unpaired) electrons. The number of hydrogen-bond acceptors (Lipinski definition) is 3. The molecule has 1 amide bonds. The Morgan fingerprint density at radius 3 is 3.10 bits per heavy atom. The van der Waals surface area contributed by atoms with E-state index in [2.05, 4.69) is 27.2 Å². The molecule has 1 aromatic rings. The lowest BCUT2D eigenvalue weighted by atomic mass is 9.99. The summed E-state index contributed by atoms with van der Waals surface area (Å²) in [4.78, 5) is 17.4. The summed E-state index contributed by atoms with van der Waals surface area (Å²) in [5.74, 6) is 0.218. The van der Waals surface area contributed by atoms with Gasteiger partial charge in [-0.1, -0.05) is 6.42 Å². The Kier molecular flexibility index (Phi) is 3.34. The maximum Gasteiger partial charge on any atom is 0.253 e. The maximum absolute atomic E-state index is 12.8. The fourth-order valence-corrected chi connectivity index (χ4v) is 3.96. The Morgan fingerprint density at radius 1 is 1.19 bits per heavy atom. The van der Waals surface area contributed by atoms with Gasteiger partial charge in [0.05, 0.1) is 0 Å². The molecule has 3 heterocycles. The number of carbonyl (C=O) groups excluding carboxylic acids is 1. The summed E-state index contributed by atoms with van der Waals surface area (Å²) in [6, 6.07) is 6.72. The first-order chi connectivity index (χ1) is 10.3. The Morgan fingerprint density at radius 2 is 2.14 bits per heavy atom. The molecule has 0 spiro atoms. The smallest absolute Gasteiger partial charge is 0.253 e. The quantitative estimate of drug-likeness (QED) is 0.857. The lowest BCUT2D eigenvalue weighted by molar-refractivity contribution is 0.0372. The van der Waals surface area contributed by atoms with Gasteiger partial charge in [0.2, 0.25) is 0 Å². The van der Waals surface area contributed by atoms with Crippen molar-refractivity contribution in [2.75, 3.05) is 38.0 Å². The van der Waals surface area contributed by atoms with Gasteiger partial charge in [-0.2, -0.15) is 0 Å². The van der Waals surface area contributed by atoms with Gasteiger partial charge >= 0.3 is 0 Å². The van der Waals surface area contributed by atoms with E-state index in [1.807, 2.05) is 6.07 Å². The SMILES string of the molecule is O=C(c1ccc2c(c1)CCN2)N1CCN2CCCCC2C1. The van der Waals surface area contributed by atoms with E-state index < -0.39 is 0 Å². The largest absolute Gasteiger partial charge is 0.384 e. The summed E-state index contributed by atoms with van der Waals surface area (Å²) in [6.07, 6.45) is 4.92. The molecule has 0 aliphatic carbocycles. The predicted molar refractivity (Wildman–Crippen MR) is 83.8 cm³/mol. The molecule has 2 saturated heterocycles. The van der Waals surface area contributed by atoms with E-state index in [0.29, 0.717) is 6.04 Å². The van der Waals surface area contributed by atoms with Gasteiger partial charge in [0.1, 0.15) is 0 Å². The number of nitrogens with zero attached hydrogens (tertiary/aromatic N) is 2. The van der Waals surface area contributed by atoms with Crippen LogP contribution in [0.3, 0.4) is 0 Å².